The Labute approximate surface area is 280 Å². The summed E-state index contributed by atoms with van der Waals surface area (Å²) in [4.78, 5) is 37.1. The Bertz CT molecular complexity index is 1360. The van der Waals surface area contributed by atoms with Crippen molar-refractivity contribution in [2.75, 3.05) is 13.7 Å². The molecule has 9 heteroatoms. The molecule has 2 saturated carbocycles. The Morgan fingerprint density at radius 2 is 1.70 bits per heavy atom. The number of rotatable bonds is 9. The fourth-order valence-electron chi connectivity index (χ4n) is 11.4. The zero-order valence-corrected chi connectivity index (χ0v) is 30.0. The fourth-order valence-corrected chi connectivity index (χ4v) is 11.4. The van der Waals surface area contributed by atoms with Crippen molar-refractivity contribution < 1.29 is 43.9 Å². The van der Waals surface area contributed by atoms with Gasteiger partial charge in [0.2, 0.25) is 0 Å². The summed E-state index contributed by atoms with van der Waals surface area (Å²) >= 11 is 0. The maximum absolute atomic E-state index is 13.0. The average Bonchev–Trinajstić information content (AvgIpc) is 3.42. The Morgan fingerprint density at radius 1 is 1.04 bits per heavy atom. The van der Waals surface area contributed by atoms with Crippen LogP contribution in [0.25, 0.3) is 0 Å². The van der Waals surface area contributed by atoms with Gasteiger partial charge in [0.25, 0.3) is 0 Å². The number of cyclic esters (lactones) is 1. The topological polar surface area (TPSA) is 140 Å². The molecule has 0 spiro atoms. The van der Waals surface area contributed by atoms with Gasteiger partial charge in [-0.1, -0.05) is 52.7 Å². The second-order valence-corrected chi connectivity index (χ2v) is 17.1. The SMILES string of the molecule is COC(=O)C[C@](C)(O)CC(=O)O[C@@H]1CC[C@]2(C)C3=C(CC[C@H]2C1(C)C)[C@]1(C)CC[C@H]([C@H](C)C[C@@H]2OC(=O)C(C)=C2CO)[C@@]1(C)[C@@H](O)C3. The van der Waals surface area contributed by atoms with Gasteiger partial charge in [0, 0.05) is 22.0 Å². The van der Waals surface area contributed by atoms with Gasteiger partial charge in [-0.15, -0.1) is 0 Å². The molecule has 0 unspecified atom stereocenters. The number of carbonyl (C=O) groups is 3. The van der Waals surface area contributed by atoms with Crippen LogP contribution in [0.15, 0.2) is 22.3 Å². The van der Waals surface area contributed by atoms with Crippen molar-refractivity contribution in [1.29, 1.82) is 0 Å². The maximum Gasteiger partial charge on any atom is 0.334 e. The van der Waals surface area contributed by atoms with E-state index in [0.29, 0.717) is 30.4 Å². The van der Waals surface area contributed by atoms with E-state index in [1.807, 2.05) is 0 Å². The molecule has 9 nitrogen and oxygen atoms in total. The van der Waals surface area contributed by atoms with Crippen LogP contribution >= 0.6 is 0 Å². The molecule has 0 aromatic carbocycles. The van der Waals surface area contributed by atoms with Crippen LogP contribution in [0, 0.1) is 39.4 Å². The Morgan fingerprint density at radius 3 is 2.34 bits per heavy atom. The minimum absolute atomic E-state index is 0.137. The van der Waals surface area contributed by atoms with Crippen LogP contribution in [-0.4, -0.2) is 70.9 Å². The van der Waals surface area contributed by atoms with Gasteiger partial charge in [0.05, 0.1) is 38.3 Å². The van der Waals surface area contributed by atoms with E-state index in [0.717, 1.165) is 32.1 Å². The normalized spacial score (nSPS) is 39.7. The molecule has 264 valence electrons. The lowest BCUT2D eigenvalue weighted by Crippen LogP contribution is -2.58. The molecule has 4 aliphatic carbocycles. The molecule has 10 atom stereocenters. The third-order valence-corrected chi connectivity index (χ3v) is 14.3. The lowest BCUT2D eigenvalue weighted by Gasteiger charge is -2.63. The van der Waals surface area contributed by atoms with E-state index < -0.39 is 29.7 Å². The molecule has 0 saturated heterocycles. The van der Waals surface area contributed by atoms with E-state index in [-0.39, 0.29) is 70.9 Å². The van der Waals surface area contributed by atoms with Gasteiger partial charge < -0.3 is 29.5 Å². The number of esters is 3. The van der Waals surface area contributed by atoms with Crippen LogP contribution in [0.4, 0.5) is 0 Å². The van der Waals surface area contributed by atoms with Gasteiger partial charge in [-0.2, -0.15) is 0 Å². The molecule has 5 rings (SSSR count). The maximum atomic E-state index is 13.0. The average molecular weight is 659 g/mol. The molecule has 0 radical (unpaired) electrons. The summed E-state index contributed by atoms with van der Waals surface area (Å²) in [6.07, 6.45) is 4.90. The van der Waals surface area contributed by atoms with Crippen LogP contribution in [0.2, 0.25) is 0 Å². The smallest absolute Gasteiger partial charge is 0.334 e. The standard InChI is InChI=1S/C38H58O9/c1-21(16-27-23(20-39)22(2)33(43)46-27)24-12-15-37(7)25-10-11-28-34(3,4)30(47-32(42)19-35(5,44)18-31(41)45-9)13-14-36(28,6)26(25)17-29(40)38(24,37)8/h21,24,27-30,39-40,44H,10-20H2,1-9H3/t21-,24-,27+,28+,29+,30-,35+,36-,37+,38+/m1/s1. The fraction of sp³-hybridized carbons (Fsp3) is 0.816. The lowest BCUT2D eigenvalue weighted by molar-refractivity contribution is -0.175. The first-order chi connectivity index (χ1) is 21.8. The summed E-state index contributed by atoms with van der Waals surface area (Å²) in [7, 11) is 1.25. The monoisotopic (exact) mass is 658 g/mol. The molecule has 0 bridgehead atoms. The van der Waals surface area contributed by atoms with Gasteiger partial charge in [-0.05, 0) is 93.8 Å². The summed E-state index contributed by atoms with van der Waals surface area (Å²) in [5.74, 6) is -0.756. The van der Waals surface area contributed by atoms with Crippen molar-refractivity contribution in [3.8, 4) is 0 Å². The van der Waals surface area contributed by atoms with Crippen molar-refractivity contribution in [2.45, 2.75) is 144 Å². The first kappa shape index (κ1) is 36.1. The number of carbonyl (C=O) groups excluding carboxylic acids is 3. The third-order valence-electron chi connectivity index (χ3n) is 14.3. The van der Waals surface area contributed by atoms with E-state index in [1.54, 1.807) is 6.92 Å². The van der Waals surface area contributed by atoms with Crippen LogP contribution in [-0.2, 0) is 28.6 Å². The second kappa shape index (κ2) is 12.3. The number of allylic oxidation sites excluding steroid dienone is 1. The highest BCUT2D eigenvalue weighted by Gasteiger charge is 2.66. The zero-order valence-electron chi connectivity index (χ0n) is 30.0. The van der Waals surface area contributed by atoms with E-state index in [9.17, 15) is 29.7 Å². The molecule has 3 N–H and O–H groups in total. The van der Waals surface area contributed by atoms with Crippen molar-refractivity contribution in [2.24, 2.45) is 39.4 Å². The third kappa shape index (κ3) is 5.70. The molecule has 0 amide bonds. The summed E-state index contributed by atoms with van der Waals surface area (Å²) in [6, 6.07) is 0. The van der Waals surface area contributed by atoms with E-state index in [2.05, 4.69) is 46.3 Å². The van der Waals surface area contributed by atoms with Crippen molar-refractivity contribution in [1.82, 2.24) is 0 Å². The summed E-state index contributed by atoms with van der Waals surface area (Å²) in [5, 5.41) is 32.8. The predicted molar refractivity (Wildman–Crippen MR) is 176 cm³/mol. The highest BCUT2D eigenvalue weighted by molar-refractivity contribution is 5.91. The largest absolute Gasteiger partial charge is 0.469 e. The summed E-state index contributed by atoms with van der Waals surface area (Å²) in [6.45, 7) is 16.6. The Kier molecular flexibility index (Phi) is 9.42. The zero-order chi connectivity index (χ0) is 34.9. The molecule has 0 aromatic rings. The number of fused-ring (bicyclic) bond motifs is 4. The number of aliphatic hydroxyl groups is 3. The van der Waals surface area contributed by atoms with Crippen molar-refractivity contribution >= 4 is 17.9 Å². The highest BCUT2D eigenvalue weighted by Crippen LogP contribution is 2.72. The highest BCUT2D eigenvalue weighted by atomic mass is 16.6. The number of hydrogen-bond donors (Lipinski definition) is 3. The molecule has 1 heterocycles. The van der Waals surface area contributed by atoms with Gasteiger partial charge in [-0.3, -0.25) is 9.59 Å². The van der Waals surface area contributed by atoms with Gasteiger partial charge in [0.15, 0.2) is 0 Å². The number of methoxy groups -OCH3 is 1. The minimum atomic E-state index is -1.54. The molecule has 0 aromatic heterocycles. The van der Waals surface area contributed by atoms with Gasteiger partial charge >= 0.3 is 17.9 Å². The molecule has 1 aliphatic heterocycles. The van der Waals surface area contributed by atoms with Gasteiger partial charge in [-0.25, -0.2) is 4.79 Å². The van der Waals surface area contributed by atoms with Crippen LogP contribution in [0.3, 0.4) is 0 Å². The molecular weight excluding hydrogens is 600 g/mol. The van der Waals surface area contributed by atoms with Crippen molar-refractivity contribution in [3.63, 3.8) is 0 Å². The number of aliphatic hydroxyl groups excluding tert-OH is 2. The van der Waals surface area contributed by atoms with Gasteiger partial charge in [0.1, 0.15) is 12.2 Å². The van der Waals surface area contributed by atoms with Crippen LogP contribution in [0.5, 0.6) is 0 Å². The van der Waals surface area contributed by atoms with E-state index in [1.165, 1.54) is 25.2 Å². The molecule has 5 aliphatic rings. The quantitative estimate of drug-likeness (QED) is 0.165. The number of ether oxygens (including phenoxy) is 3. The summed E-state index contributed by atoms with van der Waals surface area (Å²) < 4.78 is 16.4. The summed E-state index contributed by atoms with van der Waals surface area (Å²) in [5.41, 5.74) is 1.61. The molecular formula is C38H58O9. The molecule has 2 fully saturated rings. The first-order valence-electron chi connectivity index (χ1n) is 17.7. The van der Waals surface area contributed by atoms with E-state index in [4.69, 9.17) is 9.47 Å². The lowest BCUT2D eigenvalue weighted by atomic mass is 9.42. The Hall–Kier alpha value is -2.23. The second-order valence-electron chi connectivity index (χ2n) is 17.1. The van der Waals surface area contributed by atoms with E-state index >= 15 is 0 Å². The van der Waals surface area contributed by atoms with Crippen LogP contribution in [0.1, 0.15) is 120 Å². The predicted octanol–water partition coefficient (Wildman–Crippen LogP) is 5.58. The first-order valence-corrected chi connectivity index (χ1v) is 17.7. The minimum Gasteiger partial charge on any atom is -0.469 e. The van der Waals surface area contributed by atoms with Crippen molar-refractivity contribution in [3.05, 3.63) is 22.3 Å². The molecule has 47 heavy (non-hydrogen) atoms. The van der Waals surface area contributed by atoms with Crippen LogP contribution < -0.4 is 0 Å². The Balaban J connectivity index is 1.36. The number of hydrogen-bond acceptors (Lipinski definition) is 9.